The van der Waals surface area contributed by atoms with E-state index in [0.29, 0.717) is 0 Å². The number of carboxylic acid groups (broad SMARTS) is 2. The van der Waals surface area contributed by atoms with Gasteiger partial charge in [-0.15, -0.1) is 0 Å². The zero-order valence-electron chi connectivity index (χ0n) is 6.87. The molecule has 0 aliphatic carbocycles. The minimum atomic E-state index is -1.82. The van der Waals surface area contributed by atoms with E-state index in [9.17, 15) is 0 Å². The van der Waals surface area contributed by atoms with Gasteiger partial charge in [-0.05, 0) is 0 Å². The molecular weight excluding hydrogens is 195 g/mol. The molecule has 0 saturated heterocycles. The molecule has 1 radical (unpaired) electrons. The van der Waals surface area contributed by atoms with Gasteiger partial charge < -0.3 is 24.0 Å². The second-order valence-corrected chi connectivity index (χ2v) is 0.610. The van der Waals surface area contributed by atoms with Gasteiger partial charge in [0.15, 0.2) is 0 Å². The maximum absolute atomic E-state index is 9.10. The summed E-state index contributed by atoms with van der Waals surface area (Å²) in [7, 11) is 0. The van der Waals surface area contributed by atoms with Crippen LogP contribution in [0.4, 0.5) is 0 Å². The van der Waals surface area contributed by atoms with E-state index in [1.54, 1.807) is 0 Å². The molecule has 0 amide bonds. The maximum atomic E-state index is 9.10. The van der Waals surface area contributed by atoms with E-state index in [4.69, 9.17) is 19.8 Å². The Morgan fingerprint density at radius 1 is 1.00 bits per heavy atom. The molecule has 0 fully saturated rings. The van der Waals surface area contributed by atoms with E-state index in [1.165, 1.54) is 0 Å². The van der Waals surface area contributed by atoms with E-state index in [2.05, 4.69) is 0 Å². The topological polar surface area (TPSA) is 138 Å². The fourth-order valence-corrected chi connectivity index (χ4v) is 0. The van der Waals surface area contributed by atoms with Crippen molar-refractivity contribution in [2.45, 2.75) is 0 Å². The molecule has 0 rings (SSSR count). The van der Waals surface area contributed by atoms with Crippen molar-refractivity contribution < 1.29 is 52.2 Å². The molecule has 0 aliphatic rings. The quantitative estimate of drug-likeness (QED) is 0.328. The molecular formula is C2H8MgO6V. The Morgan fingerprint density at radius 3 is 1.10 bits per heavy atom. The van der Waals surface area contributed by atoms with Crippen molar-refractivity contribution in [3.63, 3.8) is 0 Å². The van der Waals surface area contributed by atoms with E-state index in [1.807, 2.05) is 0 Å². The Balaban J connectivity index is -0.00000000833. The van der Waals surface area contributed by atoms with Crippen molar-refractivity contribution in [1.82, 2.24) is 0 Å². The van der Waals surface area contributed by atoms with Gasteiger partial charge in [-0.3, -0.25) is 0 Å². The zero-order valence-corrected chi connectivity index (χ0v) is 7.68. The number of carboxylic acids is 2. The van der Waals surface area contributed by atoms with Crippen LogP contribution in [0.5, 0.6) is 0 Å². The summed E-state index contributed by atoms with van der Waals surface area (Å²) < 4.78 is 0. The largest absolute Gasteiger partial charge is 2.00 e. The first-order valence-corrected chi connectivity index (χ1v) is 1.11. The average molecular weight is 203 g/mol. The van der Waals surface area contributed by atoms with Gasteiger partial charge in [-0.25, -0.2) is 9.59 Å². The summed E-state index contributed by atoms with van der Waals surface area (Å²) in [5, 5.41) is 14.8. The van der Waals surface area contributed by atoms with Crippen LogP contribution < -0.4 is 0 Å². The summed E-state index contributed by atoms with van der Waals surface area (Å²) in [6.07, 6.45) is 0. The fourth-order valence-electron chi connectivity index (χ4n) is 0. The summed E-state index contributed by atoms with van der Waals surface area (Å²) in [5.74, 6) is -3.65. The van der Waals surface area contributed by atoms with E-state index >= 15 is 0 Å². The first-order chi connectivity index (χ1) is 2.64. The summed E-state index contributed by atoms with van der Waals surface area (Å²) in [5.41, 5.74) is 0. The fraction of sp³-hybridized carbons (Fsp3) is 0. The predicted octanol–water partition coefficient (Wildman–Crippen LogP) is -2.65. The van der Waals surface area contributed by atoms with Crippen LogP contribution in [-0.4, -0.2) is 56.2 Å². The molecule has 0 saturated carbocycles. The Labute approximate surface area is 87.2 Å². The molecule has 0 atom stereocenters. The van der Waals surface area contributed by atoms with Gasteiger partial charge in [0, 0.05) is 18.6 Å². The van der Waals surface area contributed by atoms with Crippen molar-refractivity contribution in [2.24, 2.45) is 0 Å². The van der Waals surface area contributed by atoms with Crippen LogP contribution in [0, 0.1) is 0 Å². The maximum Gasteiger partial charge on any atom is 2.00 e. The van der Waals surface area contributed by atoms with E-state index < -0.39 is 11.9 Å². The van der Waals surface area contributed by atoms with Crippen LogP contribution in [0.15, 0.2) is 0 Å². The minimum Gasteiger partial charge on any atom is -1.00 e. The molecule has 59 valence electrons. The van der Waals surface area contributed by atoms with Crippen LogP contribution in [0.25, 0.3) is 0 Å². The number of hydrogen-bond donors (Lipinski definition) is 2. The van der Waals surface area contributed by atoms with Crippen molar-refractivity contribution in [3.8, 4) is 0 Å². The monoisotopic (exact) mass is 203 g/mol. The standard InChI is InChI=1S/C2H2O4.Mg.2H2O.V.2H/c3-1(4)2(5)6;;;;;;/h(H,3,4)(H,5,6);;2*1H2;;;/q;+2;;;;2*-1. The first kappa shape index (κ1) is 31.9. The van der Waals surface area contributed by atoms with Gasteiger partial charge in [0.05, 0.1) is 0 Å². The molecule has 6 nitrogen and oxygen atoms in total. The number of carbonyl (C=O) groups is 2. The molecule has 0 aliphatic heterocycles. The van der Waals surface area contributed by atoms with Crippen LogP contribution in [0.3, 0.4) is 0 Å². The Hall–Kier alpha value is 0.211. The molecule has 0 bridgehead atoms. The van der Waals surface area contributed by atoms with E-state index in [0.717, 1.165) is 0 Å². The average Bonchev–Trinajstić information content (AvgIpc) is 1.36. The smallest absolute Gasteiger partial charge is 1.00 e. The molecule has 0 aromatic heterocycles. The Morgan fingerprint density at radius 2 is 1.10 bits per heavy atom. The van der Waals surface area contributed by atoms with Crippen molar-refractivity contribution >= 4 is 35.0 Å². The van der Waals surface area contributed by atoms with Crippen LogP contribution >= 0.6 is 0 Å². The van der Waals surface area contributed by atoms with Gasteiger partial charge >= 0.3 is 35.0 Å². The molecule has 0 heterocycles. The van der Waals surface area contributed by atoms with Gasteiger partial charge in [0.1, 0.15) is 0 Å². The third-order valence-electron chi connectivity index (χ3n) is 0.183. The number of rotatable bonds is 0. The molecule has 0 unspecified atom stereocenters. The molecule has 10 heavy (non-hydrogen) atoms. The van der Waals surface area contributed by atoms with Gasteiger partial charge in [0.2, 0.25) is 0 Å². The summed E-state index contributed by atoms with van der Waals surface area (Å²) >= 11 is 0. The van der Waals surface area contributed by atoms with Crippen LogP contribution in [-0.2, 0) is 28.1 Å². The molecule has 0 aromatic rings. The molecule has 6 N–H and O–H groups in total. The first-order valence-electron chi connectivity index (χ1n) is 1.11. The predicted molar refractivity (Wildman–Crippen MR) is 30.5 cm³/mol. The SMILES string of the molecule is O.O.O=C(O)C(=O)O.[H-].[H-].[Mg+2].[V]. The molecule has 0 spiro atoms. The molecule has 8 heteroatoms. The van der Waals surface area contributed by atoms with Gasteiger partial charge in [-0.2, -0.15) is 0 Å². The van der Waals surface area contributed by atoms with Gasteiger partial charge in [-0.1, -0.05) is 0 Å². The van der Waals surface area contributed by atoms with Crippen molar-refractivity contribution in [2.75, 3.05) is 0 Å². The van der Waals surface area contributed by atoms with Crippen LogP contribution in [0.2, 0.25) is 0 Å². The van der Waals surface area contributed by atoms with E-state index in [-0.39, 0.29) is 55.4 Å². The summed E-state index contributed by atoms with van der Waals surface area (Å²) in [6, 6.07) is 0. The third kappa shape index (κ3) is 24.1. The normalized spacial score (nSPS) is 4.40. The van der Waals surface area contributed by atoms with Gasteiger partial charge in [0.25, 0.3) is 0 Å². The number of hydrogen-bond acceptors (Lipinski definition) is 2. The minimum absolute atomic E-state index is 0. The second kappa shape index (κ2) is 16.1. The third-order valence-corrected chi connectivity index (χ3v) is 0.183. The zero-order chi connectivity index (χ0) is 5.15. The van der Waals surface area contributed by atoms with Crippen LogP contribution in [0.1, 0.15) is 2.85 Å². The molecule has 0 aromatic carbocycles. The van der Waals surface area contributed by atoms with Crippen molar-refractivity contribution in [3.05, 3.63) is 0 Å². The van der Waals surface area contributed by atoms with Crippen molar-refractivity contribution in [1.29, 1.82) is 0 Å². The summed E-state index contributed by atoms with van der Waals surface area (Å²) in [6.45, 7) is 0. The Bertz CT molecular complexity index is 89.5. The Kier molecular flexibility index (Phi) is 51.4. The summed E-state index contributed by atoms with van der Waals surface area (Å²) in [4.78, 5) is 18.2. The number of aliphatic carboxylic acids is 2. The second-order valence-electron chi connectivity index (χ2n) is 0.610.